The number of halogens is 2. The van der Waals surface area contributed by atoms with Crippen molar-refractivity contribution in [2.24, 2.45) is 0 Å². The fraction of sp³-hybridized carbons (Fsp3) is 0.333. The molecule has 0 aliphatic carbocycles. The van der Waals surface area contributed by atoms with Gasteiger partial charge < -0.3 is 15.0 Å². The van der Waals surface area contributed by atoms with Gasteiger partial charge in [0, 0.05) is 19.3 Å². The normalized spacial score (nSPS) is 11.6. The number of carbonyl (C=O) groups excluding carboxylic acids is 2. The van der Waals surface area contributed by atoms with Crippen molar-refractivity contribution in [3.8, 4) is 5.75 Å². The number of methoxy groups -OCH3 is 1. The zero-order valence-electron chi connectivity index (χ0n) is 16.6. The highest BCUT2D eigenvalue weighted by Gasteiger charge is 2.25. The average Bonchev–Trinajstić information content (AvgIpc) is 2.73. The van der Waals surface area contributed by atoms with Crippen molar-refractivity contribution < 1.29 is 14.3 Å². The van der Waals surface area contributed by atoms with E-state index in [4.69, 9.17) is 27.9 Å². The molecule has 2 rings (SSSR count). The zero-order chi connectivity index (χ0) is 21.4. The van der Waals surface area contributed by atoms with Crippen molar-refractivity contribution in [3.63, 3.8) is 0 Å². The first-order valence-corrected chi connectivity index (χ1v) is 10.9. The van der Waals surface area contributed by atoms with Gasteiger partial charge in [-0.25, -0.2) is 0 Å². The van der Waals surface area contributed by atoms with E-state index in [9.17, 15) is 9.59 Å². The molecule has 5 nitrogen and oxygen atoms in total. The molecule has 1 atom stereocenters. The minimum Gasteiger partial charge on any atom is -0.497 e. The molecule has 2 amide bonds. The molecule has 0 spiro atoms. The molecule has 8 heteroatoms. The molecule has 29 heavy (non-hydrogen) atoms. The molecule has 0 aliphatic heterocycles. The fourth-order valence-electron chi connectivity index (χ4n) is 2.69. The van der Waals surface area contributed by atoms with Gasteiger partial charge in [-0.1, -0.05) is 41.4 Å². The van der Waals surface area contributed by atoms with Gasteiger partial charge in [0.25, 0.3) is 0 Å². The molecular formula is C21H24Cl2N2O3S. The number of thioether (sulfide) groups is 1. The van der Waals surface area contributed by atoms with Crippen LogP contribution in [0.15, 0.2) is 42.5 Å². The molecule has 0 heterocycles. The first-order valence-electron chi connectivity index (χ1n) is 9.01. The van der Waals surface area contributed by atoms with Gasteiger partial charge in [-0.3, -0.25) is 9.59 Å². The number of carbonyl (C=O) groups is 2. The summed E-state index contributed by atoms with van der Waals surface area (Å²) in [6.07, 6.45) is 0. The number of nitrogens with one attached hydrogen (secondary N) is 1. The van der Waals surface area contributed by atoms with E-state index < -0.39 is 6.04 Å². The van der Waals surface area contributed by atoms with Crippen LogP contribution >= 0.6 is 35.0 Å². The summed E-state index contributed by atoms with van der Waals surface area (Å²) in [5, 5.41) is 3.60. The maximum Gasteiger partial charge on any atom is 0.242 e. The monoisotopic (exact) mass is 454 g/mol. The Bertz CT molecular complexity index is 846. The van der Waals surface area contributed by atoms with Crippen molar-refractivity contribution >= 4 is 46.8 Å². The van der Waals surface area contributed by atoms with Crippen molar-refractivity contribution in [2.75, 3.05) is 19.9 Å². The summed E-state index contributed by atoms with van der Waals surface area (Å²) in [6, 6.07) is 12.3. The highest BCUT2D eigenvalue weighted by molar-refractivity contribution is 7.99. The molecule has 0 aliphatic rings. The van der Waals surface area contributed by atoms with Gasteiger partial charge in [0.1, 0.15) is 11.8 Å². The van der Waals surface area contributed by atoms with Crippen LogP contribution in [-0.4, -0.2) is 42.7 Å². The second-order valence-corrected chi connectivity index (χ2v) is 8.20. The quantitative estimate of drug-likeness (QED) is 0.609. The summed E-state index contributed by atoms with van der Waals surface area (Å²) in [4.78, 5) is 26.6. The highest BCUT2D eigenvalue weighted by Crippen LogP contribution is 2.25. The average molecular weight is 455 g/mol. The third kappa shape index (κ3) is 6.84. The standard InChI is InChI=1S/C21H24Cl2N2O3S/c1-14(21(27)24-2)25(11-15-4-7-17(28-3)8-5-15)20(26)13-29-12-16-6-9-18(22)19(23)10-16/h4-10,14H,11-13H2,1-3H3,(H,24,27)/t14-/m1/s1. The lowest BCUT2D eigenvalue weighted by Gasteiger charge is -2.28. The summed E-state index contributed by atoms with van der Waals surface area (Å²) in [7, 11) is 3.16. The number of ether oxygens (including phenoxy) is 1. The number of amides is 2. The summed E-state index contributed by atoms with van der Waals surface area (Å²) < 4.78 is 5.17. The van der Waals surface area contributed by atoms with Crippen LogP contribution in [0.5, 0.6) is 5.75 Å². The lowest BCUT2D eigenvalue weighted by Crippen LogP contribution is -2.47. The number of hydrogen-bond acceptors (Lipinski definition) is 4. The zero-order valence-corrected chi connectivity index (χ0v) is 18.9. The van der Waals surface area contributed by atoms with E-state index in [2.05, 4.69) is 5.32 Å². The van der Waals surface area contributed by atoms with E-state index in [1.165, 1.54) is 11.8 Å². The topological polar surface area (TPSA) is 58.6 Å². The number of benzene rings is 2. The molecule has 0 unspecified atom stereocenters. The van der Waals surface area contributed by atoms with E-state index in [-0.39, 0.29) is 17.6 Å². The molecule has 156 valence electrons. The van der Waals surface area contributed by atoms with Crippen molar-refractivity contribution in [1.29, 1.82) is 0 Å². The van der Waals surface area contributed by atoms with E-state index in [1.54, 1.807) is 38.1 Å². The molecule has 0 saturated heterocycles. The molecule has 2 aromatic rings. The van der Waals surface area contributed by atoms with Crippen LogP contribution in [0.4, 0.5) is 0 Å². The Labute approximate surface area is 185 Å². The highest BCUT2D eigenvalue weighted by atomic mass is 35.5. The Kier molecular flexibility index (Phi) is 9.14. The molecule has 2 aromatic carbocycles. The summed E-state index contributed by atoms with van der Waals surface area (Å²) in [5.74, 6) is 1.29. The van der Waals surface area contributed by atoms with Gasteiger partial charge in [-0.05, 0) is 42.3 Å². The number of nitrogens with zero attached hydrogens (tertiary/aromatic N) is 1. The van der Waals surface area contributed by atoms with Gasteiger partial charge >= 0.3 is 0 Å². The van der Waals surface area contributed by atoms with Crippen LogP contribution in [0.25, 0.3) is 0 Å². The summed E-state index contributed by atoms with van der Waals surface area (Å²) in [5.41, 5.74) is 1.91. The number of hydrogen-bond donors (Lipinski definition) is 1. The molecule has 0 aromatic heterocycles. The fourth-order valence-corrected chi connectivity index (χ4v) is 3.87. The minimum atomic E-state index is -0.583. The number of likely N-dealkylation sites (N-methyl/N-ethyl adjacent to an activating group) is 1. The molecule has 1 N–H and O–H groups in total. The lowest BCUT2D eigenvalue weighted by molar-refractivity contribution is -0.138. The van der Waals surface area contributed by atoms with Crippen LogP contribution in [0.2, 0.25) is 10.0 Å². The Balaban J connectivity index is 2.04. The summed E-state index contributed by atoms with van der Waals surface area (Å²) in [6.45, 7) is 2.06. The lowest BCUT2D eigenvalue weighted by atomic mass is 10.1. The van der Waals surface area contributed by atoms with Crippen LogP contribution < -0.4 is 10.1 Å². The van der Waals surface area contributed by atoms with E-state index >= 15 is 0 Å². The number of rotatable bonds is 9. The Morgan fingerprint density at radius 3 is 2.34 bits per heavy atom. The Morgan fingerprint density at radius 1 is 1.10 bits per heavy atom. The van der Waals surface area contributed by atoms with E-state index in [1.807, 2.05) is 30.3 Å². The first-order chi connectivity index (χ1) is 13.8. The Morgan fingerprint density at radius 2 is 1.76 bits per heavy atom. The molecule has 0 fully saturated rings. The second kappa shape index (κ2) is 11.3. The van der Waals surface area contributed by atoms with Crippen molar-refractivity contribution in [2.45, 2.75) is 25.3 Å². The third-order valence-electron chi connectivity index (χ3n) is 4.40. The van der Waals surface area contributed by atoms with Crippen molar-refractivity contribution in [3.05, 3.63) is 63.6 Å². The van der Waals surface area contributed by atoms with Crippen LogP contribution in [0.3, 0.4) is 0 Å². The predicted octanol–water partition coefficient (Wildman–Crippen LogP) is 4.40. The maximum atomic E-state index is 12.9. The van der Waals surface area contributed by atoms with Crippen LogP contribution in [-0.2, 0) is 21.9 Å². The minimum absolute atomic E-state index is 0.109. The van der Waals surface area contributed by atoms with Gasteiger partial charge in [-0.2, -0.15) is 0 Å². The Hall–Kier alpha value is -1.89. The SMILES string of the molecule is CNC(=O)[C@@H](C)N(Cc1ccc(OC)cc1)C(=O)CSCc1ccc(Cl)c(Cl)c1. The first kappa shape index (κ1) is 23.4. The van der Waals surface area contributed by atoms with E-state index in [0.717, 1.165) is 16.9 Å². The van der Waals surface area contributed by atoms with Gasteiger partial charge in [0.15, 0.2) is 0 Å². The predicted molar refractivity (Wildman–Crippen MR) is 120 cm³/mol. The van der Waals surface area contributed by atoms with Crippen molar-refractivity contribution in [1.82, 2.24) is 10.2 Å². The smallest absolute Gasteiger partial charge is 0.242 e. The second-order valence-electron chi connectivity index (χ2n) is 6.40. The van der Waals surface area contributed by atoms with Crippen LogP contribution in [0, 0.1) is 0 Å². The van der Waals surface area contributed by atoms with Crippen LogP contribution in [0.1, 0.15) is 18.1 Å². The van der Waals surface area contributed by atoms with Gasteiger partial charge in [0.2, 0.25) is 11.8 Å². The maximum absolute atomic E-state index is 12.9. The summed E-state index contributed by atoms with van der Waals surface area (Å²) >= 11 is 13.4. The third-order valence-corrected chi connectivity index (χ3v) is 6.13. The van der Waals surface area contributed by atoms with Gasteiger partial charge in [0.05, 0.1) is 22.9 Å². The largest absolute Gasteiger partial charge is 0.497 e. The molecule has 0 bridgehead atoms. The molecular weight excluding hydrogens is 431 g/mol. The van der Waals surface area contributed by atoms with Gasteiger partial charge in [-0.15, -0.1) is 11.8 Å². The molecule has 0 saturated carbocycles. The molecule has 0 radical (unpaired) electrons. The van der Waals surface area contributed by atoms with E-state index in [0.29, 0.717) is 22.3 Å².